The number of nitrogens with zero attached hydrogens (tertiary/aromatic N) is 1. The number of esters is 1. The van der Waals surface area contributed by atoms with E-state index in [0.29, 0.717) is 17.1 Å². The molecule has 1 aliphatic heterocycles. The lowest BCUT2D eigenvalue weighted by molar-refractivity contribution is -0.145. The summed E-state index contributed by atoms with van der Waals surface area (Å²) in [4.78, 5) is 12.6. The highest BCUT2D eigenvalue weighted by Gasteiger charge is 2.49. The van der Waals surface area contributed by atoms with Crippen LogP contribution in [0.25, 0.3) is 11.1 Å². The van der Waals surface area contributed by atoms with E-state index in [9.17, 15) is 13.2 Å². The second kappa shape index (κ2) is 11.2. The van der Waals surface area contributed by atoms with Gasteiger partial charge < -0.3 is 19.9 Å². The van der Waals surface area contributed by atoms with Gasteiger partial charge in [-0.05, 0) is 60.9 Å². The maximum Gasteiger partial charge on any atom is 0.310 e. The zero-order valence-corrected chi connectivity index (χ0v) is 22.3. The number of carbonyl (C=O) groups is 1. The van der Waals surface area contributed by atoms with Gasteiger partial charge >= 0.3 is 5.97 Å². The lowest BCUT2D eigenvalue weighted by atomic mass is 10.0. The zero-order chi connectivity index (χ0) is 27.4. The van der Waals surface area contributed by atoms with Crippen LogP contribution >= 0.6 is 0 Å². The fourth-order valence-corrected chi connectivity index (χ4v) is 6.60. The van der Waals surface area contributed by atoms with Crippen LogP contribution in [0.1, 0.15) is 18.9 Å². The number of rotatable bonds is 9. The quantitative estimate of drug-likeness (QED) is 0.242. The first kappa shape index (κ1) is 27.2. The number of benzene rings is 3. The first-order chi connectivity index (χ1) is 18.1. The van der Waals surface area contributed by atoms with Crippen molar-refractivity contribution in [2.24, 2.45) is 11.7 Å². The van der Waals surface area contributed by atoms with E-state index < -0.39 is 34.0 Å². The highest BCUT2D eigenvalue weighted by Crippen LogP contribution is 2.36. The van der Waals surface area contributed by atoms with Crippen LogP contribution in [0.4, 0.5) is 0 Å². The molecule has 4 rings (SSSR count). The highest BCUT2D eigenvalue weighted by molar-refractivity contribution is 7.89. The number of nitrogen functional groups attached to an aromatic ring is 1. The summed E-state index contributed by atoms with van der Waals surface area (Å²) < 4.78 is 44.8. The van der Waals surface area contributed by atoms with Gasteiger partial charge in [0.05, 0.1) is 31.1 Å². The summed E-state index contributed by atoms with van der Waals surface area (Å²) in [6, 6.07) is 19.8. The summed E-state index contributed by atoms with van der Waals surface area (Å²) in [5.41, 5.74) is 8.09. The lowest BCUT2D eigenvalue weighted by Crippen LogP contribution is -2.43. The van der Waals surface area contributed by atoms with Crippen molar-refractivity contribution < 1.29 is 27.4 Å². The van der Waals surface area contributed by atoms with Crippen LogP contribution in [0.2, 0.25) is 0 Å². The lowest BCUT2D eigenvalue weighted by Gasteiger charge is -2.28. The Morgan fingerprint density at radius 2 is 1.50 bits per heavy atom. The van der Waals surface area contributed by atoms with Crippen molar-refractivity contribution in [3.05, 3.63) is 78.4 Å². The van der Waals surface area contributed by atoms with Crippen LogP contribution in [-0.2, 0) is 19.6 Å². The molecule has 0 spiro atoms. The van der Waals surface area contributed by atoms with E-state index in [1.54, 1.807) is 31.2 Å². The SMILES string of the molecule is COC(=O)[C@H]1C[C@@H](COc2ccc(-c3ccc(C(=N)N)cc3)cc2)N(S(=O)(=O)c2ccc(OC)cc2)C1C. The van der Waals surface area contributed by atoms with Gasteiger partial charge in [-0.3, -0.25) is 10.2 Å². The summed E-state index contributed by atoms with van der Waals surface area (Å²) in [5, 5.41) is 7.52. The van der Waals surface area contributed by atoms with E-state index in [0.717, 1.165) is 11.1 Å². The van der Waals surface area contributed by atoms with Crippen molar-refractivity contribution >= 4 is 21.8 Å². The number of carbonyl (C=O) groups excluding carboxylic acids is 1. The predicted molar refractivity (Wildman–Crippen MR) is 144 cm³/mol. The molecule has 0 aliphatic carbocycles. The van der Waals surface area contributed by atoms with Gasteiger partial charge in [-0.2, -0.15) is 4.31 Å². The van der Waals surface area contributed by atoms with Crippen molar-refractivity contribution in [2.75, 3.05) is 20.8 Å². The van der Waals surface area contributed by atoms with E-state index in [1.807, 2.05) is 36.4 Å². The minimum absolute atomic E-state index is 0.0130. The molecule has 0 bridgehead atoms. The minimum Gasteiger partial charge on any atom is -0.497 e. The second-order valence-corrected chi connectivity index (χ2v) is 10.9. The maximum absolute atomic E-state index is 13.6. The number of methoxy groups -OCH3 is 2. The molecule has 0 saturated carbocycles. The fourth-order valence-electron chi connectivity index (χ4n) is 4.75. The molecule has 1 unspecified atom stereocenters. The number of hydrogen-bond donors (Lipinski definition) is 2. The molecule has 0 aromatic heterocycles. The van der Waals surface area contributed by atoms with Crippen molar-refractivity contribution in [3.8, 4) is 22.6 Å². The first-order valence-electron chi connectivity index (χ1n) is 12.1. The molecule has 3 N–H and O–H groups in total. The molecule has 1 fully saturated rings. The van der Waals surface area contributed by atoms with Gasteiger partial charge in [-0.25, -0.2) is 8.42 Å². The number of hydrogen-bond acceptors (Lipinski definition) is 7. The van der Waals surface area contributed by atoms with Crippen LogP contribution < -0.4 is 15.2 Å². The summed E-state index contributed by atoms with van der Waals surface area (Å²) in [7, 11) is -1.11. The molecular formula is C28H31N3O6S. The third kappa shape index (κ3) is 5.51. The Hall–Kier alpha value is -3.89. The van der Waals surface area contributed by atoms with Gasteiger partial charge in [0.2, 0.25) is 10.0 Å². The first-order valence-corrected chi connectivity index (χ1v) is 13.5. The van der Waals surface area contributed by atoms with E-state index in [2.05, 4.69) is 0 Å². The third-order valence-electron chi connectivity index (χ3n) is 6.83. The normalized spacial score (nSPS) is 19.6. The minimum atomic E-state index is -3.93. The summed E-state index contributed by atoms with van der Waals surface area (Å²) in [5.74, 6) is 0.0742. The average molecular weight is 538 g/mol. The molecule has 200 valence electrons. The number of amidine groups is 1. The fraction of sp³-hybridized carbons (Fsp3) is 0.286. The zero-order valence-electron chi connectivity index (χ0n) is 21.5. The molecule has 0 radical (unpaired) electrons. The van der Waals surface area contributed by atoms with Crippen molar-refractivity contribution in [1.82, 2.24) is 4.31 Å². The smallest absolute Gasteiger partial charge is 0.310 e. The Kier molecular flexibility index (Phi) is 8.03. The number of nitrogens with one attached hydrogen (secondary N) is 1. The van der Waals surface area contributed by atoms with E-state index in [-0.39, 0.29) is 23.8 Å². The Labute approximate surface area is 222 Å². The van der Waals surface area contributed by atoms with Crippen LogP contribution in [-0.4, -0.2) is 57.4 Å². The molecule has 3 aromatic carbocycles. The maximum atomic E-state index is 13.6. The van der Waals surface area contributed by atoms with Gasteiger partial charge in [0.15, 0.2) is 0 Å². The van der Waals surface area contributed by atoms with Gasteiger partial charge in [0, 0.05) is 11.6 Å². The van der Waals surface area contributed by atoms with E-state index in [1.165, 1.54) is 30.7 Å². The van der Waals surface area contributed by atoms with Gasteiger partial charge in [0.25, 0.3) is 0 Å². The van der Waals surface area contributed by atoms with Crippen molar-refractivity contribution in [3.63, 3.8) is 0 Å². The summed E-state index contributed by atoms with van der Waals surface area (Å²) in [6.07, 6.45) is 0.282. The molecule has 3 atom stereocenters. The Bertz CT molecular complexity index is 1390. The standard InChI is InChI=1S/C28H31N3O6S/c1-18-26(28(32)36-3)16-22(31(18)38(33,34)25-14-12-23(35-2)13-15-25)17-37-24-10-8-20(9-11-24)19-4-6-21(7-5-19)27(29)30/h4-15,18,22,26H,16-17H2,1-3H3,(H3,29,30)/t18?,22-,26-/m0/s1. The molecule has 1 saturated heterocycles. The summed E-state index contributed by atoms with van der Waals surface area (Å²) >= 11 is 0. The van der Waals surface area contributed by atoms with E-state index in [4.69, 9.17) is 25.4 Å². The van der Waals surface area contributed by atoms with Crippen LogP contribution in [0.5, 0.6) is 11.5 Å². The average Bonchev–Trinajstić information content (AvgIpc) is 3.28. The van der Waals surface area contributed by atoms with E-state index >= 15 is 0 Å². The van der Waals surface area contributed by atoms with Gasteiger partial charge in [0.1, 0.15) is 23.9 Å². The van der Waals surface area contributed by atoms with Crippen molar-refractivity contribution in [2.45, 2.75) is 30.3 Å². The molecule has 10 heteroatoms. The Morgan fingerprint density at radius 3 is 2.03 bits per heavy atom. The predicted octanol–water partition coefficient (Wildman–Crippen LogP) is 3.67. The molecule has 1 aliphatic rings. The van der Waals surface area contributed by atoms with Crippen molar-refractivity contribution in [1.29, 1.82) is 5.41 Å². The number of sulfonamides is 1. The molecule has 1 heterocycles. The van der Waals surface area contributed by atoms with Crippen LogP contribution in [0.15, 0.2) is 77.7 Å². The second-order valence-electron chi connectivity index (χ2n) is 9.10. The molecular weight excluding hydrogens is 506 g/mol. The van der Waals surface area contributed by atoms with Crippen LogP contribution in [0, 0.1) is 11.3 Å². The molecule has 0 amide bonds. The monoisotopic (exact) mass is 537 g/mol. The largest absolute Gasteiger partial charge is 0.497 e. The number of nitrogens with two attached hydrogens (primary N) is 1. The van der Waals surface area contributed by atoms with Gasteiger partial charge in [-0.15, -0.1) is 0 Å². The third-order valence-corrected chi connectivity index (χ3v) is 8.89. The Balaban J connectivity index is 1.53. The van der Waals surface area contributed by atoms with Crippen LogP contribution in [0.3, 0.4) is 0 Å². The van der Waals surface area contributed by atoms with Gasteiger partial charge in [-0.1, -0.05) is 36.4 Å². The topological polar surface area (TPSA) is 132 Å². The molecule has 9 nitrogen and oxygen atoms in total. The Morgan fingerprint density at radius 1 is 0.947 bits per heavy atom. The highest BCUT2D eigenvalue weighted by atomic mass is 32.2. The molecule has 3 aromatic rings. The summed E-state index contributed by atoms with van der Waals surface area (Å²) in [6.45, 7) is 1.79. The number of ether oxygens (including phenoxy) is 3. The molecule has 38 heavy (non-hydrogen) atoms.